The molecule has 0 fully saturated rings. The van der Waals surface area contributed by atoms with Crippen LogP contribution in [0.5, 0.6) is 0 Å². The number of nitrogens with zero attached hydrogens (tertiary/aromatic N) is 1. The van der Waals surface area contributed by atoms with Crippen LogP contribution in [0.4, 0.5) is 13.2 Å². The van der Waals surface area contributed by atoms with E-state index in [1.165, 1.54) is 6.92 Å². The molecule has 5 nitrogen and oxygen atoms in total. The van der Waals surface area contributed by atoms with E-state index in [9.17, 15) is 21.6 Å². The molecule has 0 unspecified atom stereocenters. The van der Waals surface area contributed by atoms with Gasteiger partial charge in [0.15, 0.2) is 0 Å². The van der Waals surface area contributed by atoms with Crippen LogP contribution in [0.3, 0.4) is 0 Å². The van der Waals surface area contributed by atoms with Crippen LogP contribution in [-0.4, -0.2) is 31.6 Å². The molecule has 0 heterocycles. The van der Waals surface area contributed by atoms with Gasteiger partial charge in [0.25, 0.3) is 0 Å². The highest BCUT2D eigenvalue weighted by molar-refractivity contribution is 7.89. The number of rotatable bonds is 5. The second kappa shape index (κ2) is 6.02. The smallest absolute Gasteiger partial charge is 0.387 e. The maximum Gasteiger partial charge on any atom is 0.416 e. The van der Waals surface area contributed by atoms with Gasteiger partial charge in [0.1, 0.15) is 5.84 Å². The molecule has 0 amide bonds. The lowest BCUT2D eigenvalue weighted by molar-refractivity contribution is -0.138. The standard InChI is InChI=1S/C12H16F3N3O2S/c1-3-18(7-11(16)17)21(19,20)10-6-4-5-9(8(10)2)12(13,14)15/h4-6H,3,7H2,1-2H3,(H3,16,17). The third-order valence-corrected chi connectivity index (χ3v) is 4.97. The van der Waals surface area contributed by atoms with Gasteiger partial charge in [0, 0.05) is 6.54 Å². The number of nitrogens with one attached hydrogen (secondary N) is 1. The number of hydrogen-bond donors (Lipinski definition) is 2. The van der Waals surface area contributed by atoms with Crippen LogP contribution in [0.15, 0.2) is 23.1 Å². The molecule has 0 aliphatic heterocycles. The first-order chi connectivity index (χ1) is 9.51. The van der Waals surface area contributed by atoms with E-state index in [1.807, 2.05) is 0 Å². The third kappa shape index (κ3) is 3.73. The second-order valence-electron chi connectivity index (χ2n) is 4.38. The van der Waals surface area contributed by atoms with E-state index in [-0.39, 0.29) is 24.5 Å². The fraction of sp³-hybridized carbons (Fsp3) is 0.417. The Labute approximate surface area is 121 Å². The highest BCUT2D eigenvalue weighted by Gasteiger charge is 2.35. The Morgan fingerprint density at radius 2 is 1.95 bits per heavy atom. The molecule has 1 aromatic rings. The molecule has 0 saturated heterocycles. The van der Waals surface area contributed by atoms with Gasteiger partial charge in [0.2, 0.25) is 10.0 Å². The SMILES string of the molecule is CCN(CC(=N)N)S(=O)(=O)c1cccc(C(F)(F)F)c1C. The molecular formula is C12H16F3N3O2S. The van der Waals surface area contributed by atoms with Crippen molar-refractivity contribution in [3.8, 4) is 0 Å². The molecule has 0 saturated carbocycles. The minimum atomic E-state index is -4.63. The lowest BCUT2D eigenvalue weighted by Gasteiger charge is -2.22. The number of halogens is 3. The largest absolute Gasteiger partial charge is 0.416 e. The number of nitrogens with two attached hydrogens (primary N) is 1. The highest BCUT2D eigenvalue weighted by atomic mass is 32.2. The average molecular weight is 323 g/mol. The lowest BCUT2D eigenvalue weighted by atomic mass is 10.1. The second-order valence-corrected chi connectivity index (χ2v) is 6.29. The summed E-state index contributed by atoms with van der Waals surface area (Å²) in [5.74, 6) is -0.384. The van der Waals surface area contributed by atoms with E-state index in [4.69, 9.17) is 11.1 Å². The van der Waals surface area contributed by atoms with Crippen LogP contribution in [0.1, 0.15) is 18.1 Å². The molecule has 118 valence electrons. The summed E-state index contributed by atoms with van der Waals surface area (Å²) >= 11 is 0. The minimum absolute atomic E-state index is 0.00238. The van der Waals surface area contributed by atoms with Crippen LogP contribution >= 0.6 is 0 Å². The number of sulfonamides is 1. The zero-order valence-electron chi connectivity index (χ0n) is 11.5. The maximum absolute atomic E-state index is 12.8. The molecule has 0 spiro atoms. The third-order valence-electron chi connectivity index (χ3n) is 2.91. The summed E-state index contributed by atoms with van der Waals surface area (Å²) in [5.41, 5.74) is 3.81. The van der Waals surface area contributed by atoms with Crippen molar-refractivity contribution in [2.75, 3.05) is 13.1 Å². The van der Waals surface area contributed by atoms with Crippen LogP contribution < -0.4 is 5.73 Å². The summed E-state index contributed by atoms with van der Waals surface area (Å²) in [7, 11) is -4.15. The summed E-state index contributed by atoms with van der Waals surface area (Å²) < 4.78 is 64.2. The topological polar surface area (TPSA) is 87.2 Å². The van der Waals surface area contributed by atoms with Crippen molar-refractivity contribution in [3.05, 3.63) is 29.3 Å². The van der Waals surface area contributed by atoms with E-state index < -0.39 is 26.7 Å². The molecule has 9 heteroatoms. The van der Waals surface area contributed by atoms with Gasteiger partial charge >= 0.3 is 6.18 Å². The number of alkyl halides is 3. The molecule has 21 heavy (non-hydrogen) atoms. The summed E-state index contributed by atoms with van der Waals surface area (Å²) in [6.45, 7) is 2.26. The van der Waals surface area contributed by atoms with Gasteiger partial charge in [-0.05, 0) is 24.6 Å². The van der Waals surface area contributed by atoms with Crippen LogP contribution in [-0.2, 0) is 16.2 Å². The summed E-state index contributed by atoms with van der Waals surface area (Å²) in [6.07, 6.45) is -4.63. The van der Waals surface area contributed by atoms with Crippen molar-refractivity contribution < 1.29 is 21.6 Å². The number of benzene rings is 1. The molecule has 1 rings (SSSR count). The first-order valence-electron chi connectivity index (χ1n) is 6.01. The Kier molecular flexibility index (Phi) is 5.00. The Bertz CT molecular complexity index is 642. The molecule has 0 aliphatic carbocycles. The fourth-order valence-electron chi connectivity index (χ4n) is 1.90. The molecule has 0 bridgehead atoms. The predicted octanol–water partition coefficient (Wildman–Crippen LogP) is 1.96. The molecule has 0 aliphatic rings. The first-order valence-corrected chi connectivity index (χ1v) is 7.45. The van der Waals surface area contributed by atoms with Crippen molar-refractivity contribution in [3.63, 3.8) is 0 Å². The molecule has 0 radical (unpaired) electrons. The number of amidine groups is 1. The number of likely N-dealkylation sites (N-methyl/N-ethyl adjacent to an activating group) is 1. The van der Waals surface area contributed by atoms with Gasteiger partial charge < -0.3 is 5.73 Å². The van der Waals surface area contributed by atoms with E-state index in [2.05, 4.69) is 0 Å². The van der Waals surface area contributed by atoms with Gasteiger partial charge in [-0.15, -0.1) is 0 Å². The Morgan fingerprint density at radius 3 is 2.38 bits per heavy atom. The van der Waals surface area contributed by atoms with Crippen molar-refractivity contribution in [1.29, 1.82) is 5.41 Å². The van der Waals surface area contributed by atoms with Crippen molar-refractivity contribution in [2.24, 2.45) is 5.73 Å². The monoisotopic (exact) mass is 323 g/mol. The zero-order chi connectivity index (χ0) is 16.4. The normalized spacial score (nSPS) is 12.7. The molecule has 1 aromatic carbocycles. The van der Waals surface area contributed by atoms with Gasteiger partial charge in [-0.2, -0.15) is 17.5 Å². The lowest BCUT2D eigenvalue weighted by Crippen LogP contribution is -2.38. The van der Waals surface area contributed by atoms with Gasteiger partial charge in [-0.25, -0.2) is 8.42 Å². The number of hydrogen-bond acceptors (Lipinski definition) is 3. The molecular weight excluding hydrogens is 307 g/mol. The molecule has 0 aromatic heterocycles. The van der Waals surface area contributed by atoms with Crippen molar-refractivity contribution >= 4 is 15.9 Å². The Hall–Kier alpha value is -1.61. The Balaban J connectivity index is 3.42. The summed E-state index contributed by atoms with van der Waals surface area (Å²) in [6, 6.07) is 2.99. The van der Waals surface area contributed by atoms with Gasteiger partial charge in [-0.3, -0.25) is 5.41 Å². The molecule has 0 atom stereocenters. The average Bonchev–Trinajstić information content (AvgIpc) is 2.34. The highest BCUT2D eigenvalue weighted by Crippen LogP contribution is 2.34. The van der Waals surface area contributed by atoms with Gasteiger partial charge in [0.05, 0.1) is 17.0 Å². The van der Waals surface area contributed by atoms with Crippen molar-refractivity contribution in [2.45, 2.75) is 24.9 Å². The van der Waals surface area contributed by atoms with E-state index >= 15 is 0 Å². The van der Waals surface area contributed by atoms with Gasteiger partial charge in [-0.1, -0.05) is 13.0 Å². The van der Waals surface area contributed by atoms with Crippen LogP contribution in [0, 0.1) is 12.3 Å². The minimum Gasteiger partial charge on any atom is -0.387 e. The quantitative estimate of drug-likeness (QED) is 0.641. The maximum atomic E-state index is 12.8. The fourth-order valence-corrected chi connectivity index (χ4v) is 3.57. The molecule has 3 N–H and O–H groups in total. The van der Waals surface area contributed by atoms with Crippen LogP contribution in [0.2, 0.25) is 0 Å². The van der Waals surface area contributed by atoms with E-state index in [0.29, 0.717) is 0 Å². The van der Waals surface area contributed by atoms with Crippen molar-refractivity contribution in [1.82, 2.24) is 4.31 Å². The summed E-state index contributed by atoms with van der Waals surface area (Å²) in [5, 5.41) is 7.16. The zero-order valence-corrected chi connectivity index (χ0v) is 12.3. The van der Waals surface area contributed by atoms with Crippen LogP contribution in [0.25, 0.3) is 0 Å². The Morgan fingerprint density at radius 1 is 1.38 bits per heavy atom. The first kappa shape index (κ1) is 17.4. The van der Waals surface area contributed by atoms with E-state index in [1.54, 1.807) is 0 Å². The summed E-state index contributed by atoms with van der Waals surface area (Å²) in [4.78, 5) is -0.430. The predicted molar refractivity (Wildman–Crippen MR) is 72.5 cm³/mol. The van der Waals surface area contributed by atoms with E-state index in [0.717, 1.165) is 29.4 Å².